The molecule has 0 saturated heterocycles. The molecule has 0 aromatic heterocycles. The van der Waals surface area contributed by atoms with E-state index in [9.17, 15) is 4.79 Å². The van der Waals surface area contributed by atoms with Crippen LogP contribution in [0.5, 0.6) is 0 Å². The number of aryl methyl sites for hydroxylation is 1. The van der Waals surface area contributed by atoms with Gasteiger partial charge in [0.2, 0.25) is 5.91 Å². The van der Waals surface area contributed by atoms with Crippen molar-refractivity contribution in [3.63, 3.8) is 0 Å². The predicted octanol–water partition coefficient (Wildman–Crippen LogP) is 3.41. The Morgan fingerprint density at radius 3 is 2.28 bits per heavy atom. The third-order valence-corrected chi connectivity index (χ3v) is 3.02. The highest BCUT2D eigenvalue weighted by molar-refractivity contribution is 6.00. The van der Waals surface area contributed by atoms with E-state index >= 15 is 0 Å². The van der Waals surface area contributed by atoms with Crippen molar-refractivity contribution in [2.45, 2.75) is 19.8 Å². The van der Waals surface area contributed by atoms with Crippen LogP contribution in [0.25, 0.3) is 11.1 Å². The van der Waals surface area contributed by atoms with Crippen LogP contribution in [0.1, 0.15) is 29.3 Å². The first-order valence-electron chi connectivity index (χ1n) is 6.21. The lowest BCUT2D eigenvalue weighted by atomic mass is 9.93. The van der Waals surface area contributed by atoms with Gasteiger partial charge in [-0.3, -0.25) is 4.79 Å². The lowest BCUT2D eigenvalue weighted by Gasteiger charge is -2.11. The van der Waals surface area contributed by atoms with Crippen molar-refractivity contribution in [1.29, 1.82) is 0 Å². The lowest BCUT2D eigenvalue weighted by molar-refractivity contribution is 0.100. The molecule has 0 spiro atoms. The summed E-state index contributed by atoms with van der Waals surface area (Å²) < 4.78 is 0. The van der Waals surface area contributed by atoms with Gasteiger partial charge in [0.25, 0.3) is 0 Å². The summed E-state index contributed by atoms with van der Waals surface area (Å²) in [5.41, 5.74) is 9.31. The summed E-state index contributed by atoms with van der Waals surface area (Å²) in [6.07, 6.45) is 2.08. The number of rotatable bonds is 4. The molecule has 2 rings (SSSR count). The van der Waals surface area contributed by atoms with Crippen molar-refractivity contribution in [2.24, 2.45) is 5.73 Å². The van der Waals surface area contributed by atoms with Crippen molar-refractivity contribution >= 4 is 5.91 Å². The molecule has 2 aromatic carbocycles. The number of primary amides is 1. The number of benzene rings is 2. The maximum atomic E-state index is 11.5. The molecule has 2 N–H and O–H groups in total. The Kier molecular flexibility index (Phi) is 3.78. The largest absolute Gasteiger partial charge is 0.366 e. The molecular formula is C16H17NO. The van der Waals surface area contributed by atoms with Crippen molar-refractivity contribution in [1.82, 2.24) is 0 Å². The molecule has 92 valence electrons. The van der Waals surface area contributed by atoms with Gasteiger partial charge in [-0.1, -0.05) is 55.8 Å². The van der Waals surface area contributed by atoms with Crippen LogP contribution in [0.4, 0.5) is 0 Å². The zero-order chi connectivity index (χ0) is 13.0. The van der Waals surface area contributed by atoms with Crippen LogP contribution in [-0.2, 0) is 6.42 Å². The Balaban J connectivity index is 2.58. The molecular weight excluding hydrogens is 222 g/mol. The monoisotopic (exact) mass is 239 g/mol. The number of hydrogen-bond donors (Lipinski definition) is 1. The van der Waals surface area contributed by atoms with Crippen molar-refractivity contribution < 1.29 is 4.79 Å². The summed E-state index contributed by atoms with van der Waals surface area (Å²) in [4.78, 5) is 11.5. The molecule has 0 atom stereocenters. The summed E-state index contributed by atoms with van der Waals surface area (Å²) in [7, 11) is 0. The first kappa shape index (κ1) is 12.4. The minimum absolute atomic E-state index is 0.378. The normalized spacial score (nSPS) is 10.3. The molecule has 2 heteroatoms. The van der Waals surface area contributed by atoms with Gasteiger partial charge in [0.1, 0.15) is 0 Å². The van der Waals surface area contributed by atoms with Gasteiger partial charge in [-0.25, -0.2) is 0 Å². The van der Waals surface area contributed by atoms with Crippen LogP contribution in [0.2, 0.25) is 0 Å². The summed E-state index contributed by atoms with van der Waals surface area (Å²) in [5, 5.41) is 0. The van der Waals surface area contributed by atoms with Gasteiger partial charge in [0, 0.05) is 5.56 Å². The van der Waals surface area contributed by atoms with Gasteiger partial charge in [0.15, 0.2) is 0 Å². The quantitative estimate of drug-likeness (QED) is 0.873. The van der Waals surface area contributed by atoms with Gasteiger partial charge >= 0.3 is 0 Å². The third-order valence-electron chi connectivity index (χ3n) is 3.02. The summed E-state index contributed by atoms with van der Waals surface area (Å²) in [6, 6.07) is 15.7. The molecule has 0 aliphatic carbocycles. The SMILES string of the molecule is CCCc1ccccc1-c1ccccc1C(N)=O. The van der Waals surface area contributed by atoms with E-state index < -0.39 is 0 Å². The maximum absolute atomic E-state index is 11.5. The van der Waals surface area contributed by atoms with Crippen LogP contribution in [0.15, 0.2) is 48.5 Å². The average molecular weight is 239 g/mol. The topological polar surface area (TPSA) is 43.1 Å². The molecule has 0 radical (unpaired) electrons. The Morgan fingerprint density at radius 2 is 1.61 bits per heavy atom. The molecule has 0 saturated carbocycles. The third kappa shape index (κ3) is 2.43. The highest BCUT2D eigenvalue weighted by Gasteiger charge is 2.11. The number of carbonyl (C=O) groups excluding carboxylic acids is 1. The summed E-state index contributed by atoms with van der Waals surface area (Å²) in [5.74, 6) is -0.378. The fourth-order valence-electron chi connectivity index (χ4n) is 2.20. The van der Waals surface area contributed by atoms with Gasteiger partial charge in [-0.05, 0) is 29.2 Å². The molecule has 18 heavy (non-hydrogen) atoms. The van der Waals surface area contributed by atoms with E-state index in [1.807, 2.05) is 36.4 Å². The summed E-state index contributed by atoms with van der Waals surface area (Å²) in [6.45, 7) is 2.15. The predicted molar refractivity (Wildman–Crippen MR) is 74.4 cm³/mol. The standard InChI is InChI=1S/C16H17NO/c1-2-7-12-8-3-4-9-13(12)14-10-5-6-11-15(14)16(17)18/h3-6,8-11H,2,7H2,1H3,(H2,17,18). The van der Waals surface area contributed by atoms with E-state index in [4.69, 9.17) is 5.73 Å². The summed E-state index contributed by atoms with van der Waals surface area (Å²) >= 11 is 0. The van der Waals surface area contributed by atoms with Crippen LogP contribution in [0, 0.1) is 0 Å². The minimum atomic E-state index is -0.378. The van der Waals surface area contributed by atoms with E-state index in [0.29, 0.717) is 5.56 Å². The van der Waals surface area contributed by atoms with Gasteiger partial charge < -0.3 is 5.73 Å². The Morgan fingerprint density at radius 1 is 1.00 bits per heavy atom. The van der Waals surface area contributed by atoms with Crippen LogP contribution in [0.3, 0.4) is 0 Å². The van der Waals surface area contributed by atoms with Gasteiger partial charge in [-0.15, -0.1) is 0 Å². The Bertz CT molecular complexity index is 561. The molecule has 0 aliphatic heterocycles. The van der Waals surface area contributed by atoms with Crippen molar-refractivity contribution in [3.05, 3.63) is 59.7 Å². The second-order valence-corrected chi connectivity index (χ2v) is 4.32. The van der Waals surface area contributed by atoms with E-state index in [2.05, 4.69) is 13.0 Å². The first-order chi connectivity index (χ1) is 8.74. The average Bonchev–Trinajstić information content (AvgIpc) is 2.40. The molecule has 0 unspecified atom stereocenters. The minimum Gasteiger partial charge on any atom is -0.366 e. The Hall–Kier alpha value is -2.09. The van der Waals surface area contributed by atoms with Crippen LogP contribution in [-0.4, -0.2) is 5.91 Å². The van der Waals surface area contributed by atoms with Crippen LogP contribution >= 0.6 is 0 Å². The lowest BCUT2D eigenvalue weighted by Crippen LogP contribution is -2.12. The molecule has 0 bridgehead atoms. The first-order valence-corrected chi connectivity index (χ1v) is 6.21. The van der Waals surface area contributed by atoms with Crippen LogP contribution < -0.4 is 5.73 Å². The van der Waals surface area contributed by atoms with E-state index in [0.717, 1.165) is 24.0 Å². The number of nitrogens with two attached hydrogens (primary N) is 1. The highest BCUT2D eigenvalue weighted by Crippen LogP contribution is 2.27. The second kappa shape index (κ2) is 5.50. The highest BCUT2D eigenvalue weighted by atomic mass is 16.1. The molecule has 0 aliphatic rings. The molecule has 2 aromatic rings. The fraction of sp³-hybridized carbons (Fsp3) is 0.188. The number of amides is 1. The van der Waals surface area contributed by atoms with E-state index in [1.54, 1.807) is 6.07 Å². The van der Waals surface area contributed by atoms with Crippen molar-refractivity contribution in [3.8, 4) is 11.1 Å². The van der Waals surface area contributed by atoms with Gasteiger partial charge in [0.05, 0.1) is 0 Å². The molecule has 1 amide bonds. The smallest absolute Gasteiger partial charge is 0.249 e. The Labute approximate surface area is 107 Å². The van der Waals surface area contributed by atoms with Crippen molar-refractivity contribution in [2.75, 3.05) is 0 Å². The number of hydrogen-bond acceptors (Lipinski definition) is 1. The molecule has 0 heterocycles. The zero-order valence-corrected chi connectivity index (χ0v) is 10.5. The van der Waals surface area contributed by atoms with Gasteiger partial charge in [-0.2, -0.15) is 0 Å². The molecule has 2 nitrogen and oxygen atoms in total. The second-order valence-electron chi connectivity index (χ2n) is 4.32. The fourth-order valence-corrected chi connectivity index (χ4v) is 2.20. The maximum Gasteiger partial charge on any atom is 0.249 e. The van der Waals surface area contributed by atoms with E-state index in [1.165, 1.54) is 5.56 Å². The van der Waals surface area contributed by atoms with E-state index in [-0.39, 0.29) is 5.91 Å². The zero-order valence-electron chi connectivity index (χ0n) is 10.5. The number of carbonyl (C=O) groups is 1. The molecule has 0 fully saturated rings.